The summed E-state index contributed by atoms with van der Waals surface area (Å²) in [5, 5.41) is 0. The van der Waals surface area contributed by atoms with Gasteiger partial charge in [-0.05, 0) is 55.5 Å². The van der Waals surface area contributed by atoms with E-state index in [0.717, 1.165) is 23.1 Å². The summed E-state index contributed by atoms with van der Waals surface area (Å²) in [4.78, 5) is 14.7. The molecule has 23 heavy (non-hydrogen) atoms. The van der Waals surface area contributed by atoms with E-state index in [1.807, 2.05) is 19.9 Å². The van der Waals surface area contributed by atoms with Crippen molar-refractivity contribution in [1.29, 1.82) is 0 Å². The third kappa shape index (κ3) is 2.58. The topological polar surface area (TPSA) is 38.8 Å². The summed E-state index contributed by atoms with van der Waals surface area (Å²) in [6.07, 6.45) is 2.67. The number of carbonyl (C=O) groups is 1. The van der Waals surface area contributed by atoms with E-state index in [0.29, 0.717) is 19.5 Å². The van der Waals surface area contributed by atoms with Gasteiger partial charge in [0.2, 0.25) is 0 Å². The Labute approximate surface area is 134 Å². The molecule has 0 saturated carbocycles. The zero-order valence-corrected chi connectivity index (χ0v) is 13.3. The molecule has 0 spiro atoms. The molecule has 1 fully saturated rings. The molecule has 3 aliphatic heterocycles. The van der Waals surface area contributed by atoms with Gasteiger partial charge in [-0.15, -0.1) is 0 Å². The number of halogens is 1. The van der Waals surface area contributed by atoms with E-state index in [2.05, 4.69) is 6.08 Å². The fourth-order valence-electron chi connectivity index (χ4n) is 3.74. The lowest BCUT2D eigenvalue weighted by Gasteiger charge is -2.25. The van der Waals surface area contributed by atoms with Gasteiger partial charge in [0, 0.05) is 13.1 Å². The van der Waals surface area contributed by atoms with Crippen LogP contribution < -0.4 is 0 Å². The SMILES string of the molecule is CC1(C)O[C@@H]2C(=O)N3CC/C(=C\C[C@H]2O1)c1ccc(F)cc1C3. The molecule has 2 atom stereocenters. The number of rotatable bonds is 0. The van der Waals surface area contributed by atoms with E-state index < -0.39 is 11.9 Å². The highest BCUT2D eigenvalue weighted by molar-refractivity contribution is 5.83. The van der Waals surface area contributed by atoms with Crippen molar-refractivity contribution in [3.05, 3.63) is 41.2 Å². The van der Waals surface area contributed by atoms with Crippen LogP contribution in [0.2, 0.25) is 0 Å². The van der Waals surface area contributed by atoms with Crippen molar-refractivity contribution >= 4 is 11.5 Å². The van der Waals surface area contributed by atoms with E-state index in [9.17, 15) is 9.18 Å². The normalized spacial score (nSPS) is 31.3. The molecular formula is C18H20FNO3. The molecule has 3 aliphatic rings. The maximum atomic E-state index is 13.6. The highest BCUT2D eigenvalue weighted by Gasteiger charge is 2.46. The van der Waals surface area contributed by atoms with Crippen LogP contribution in [0.3, 0.4) is 0 Å². The summed E-state index contributed by atoms with van der Waals surface area (Å²) in [6, 6.07) is 4.83. The molecule has 1 aromatic carbocycles. The number of nitrogens with zero attached hydrogens (tertiary/aromatic N) is 1. The first-order valence-electron chi connectivity index (χ1n) is 8.05. The summed E-state index contributed by atoms with van der Waals surface area (Å²) in [7, 11) is 0. The number of fused-ring (bicyclic) bond motifs is 6. The van der Waals surface area contributed by atoms with Crippen molar-refractivity contribution < 1.29 is 18.7 Å². The fraction of sp³-hybridized carbons (Fsp3) is 0.500. The van der Waals surface area contributed by atoms with Gasteiger partial charge in [-0.25, -0.2) is 4.39 Å². The molecule has 122 valence electrons. The van der Waals surface area contributed by atoms with Gasteiger partial charge < -0.3 is 14.4 Å². The van der Waals surface area contributed by atoms with Gasteiger partial charge in [0.1, 0.15) is 5.82 Å². The highest BCUT2D eigenvalue weighted by Crippen LogP contribution is 2.36. The largest absolute Gasteiger partial charge is 0.344 e. The summed E-state index contributed by atoms with van der Waals surface area (Å²) >= 11 is 0. The summed E-state index contributed by atoms with van der Waals surface area (Å²) in [5.74, 6) is -1.09. The molecular weight excluding hydrogens is 297 g/mol. The standard InChI is InChI=1S/C18H20FNO3/c1-18(2)22-15-6-3-11-7-8-20(17(21)16(15)23-18)10-12-9-13(19)4-5-14(11)12/h3-5,9,15-16H,6-8,10H2,1-2H3/b11-3+/t15-,16+/m1/s1. The fourth-order valence-corrected chi connectivity index (χ4v) is 3.74. The molecule has 0 N–H and O–H groups in total. The van der Waals surface area contributed by atoms with E-state index in [1.165, 1.54) is 12.1 Å². The maximum Gasteiger partial charge on any atom is 0.254 e. The molecule has 4 nitrogen and oxygen atoms in total. The van der Waals surface area contributed by atoms with Gasteiger partial charge in [-0.3, -0.25) is 4.79 Å². The Morgan fingerprint density at radius 3 is 2.96 bits per heavy atom. The van der Waals surface area contributed by atoms with Gasteiger partial charge in [-0.2, -0.15) is 0 Å². The van der Waals surface area contributed by atoms with Crippen molar-refractivity contribution in [2.75, 3.05) is 6.54 Å². The first-order chi connectivity index (χ1) is 10.9. The Hall–Kier alpha value is -1.72. The molecule has 5 heteroatoms. The van der Waals surface area contributed by atoms with Crippen LogP contribution in [0.1, 0.15) is 37.8 Å². The van der Waals surface area contributed by atoms with Gasteiger partial charge in [-0.1, -0.05) is 12.1 Å². The van der Waals surface area contributed by atoms with Gasteiger partial charge >= 0.3 is 0 Å². The van der Waals surface area contributed by atoms with Gasteiger partial charge in [0.05, 0.1) is 6.10 Å². The maximum absolute atomic E-state index is 13.6. The van der Waals surface area contributed by atoms with E-state index in [4.69, 9.17) is 9.47 Å². The van der Waals surface area contributed by atoms with E-state index in [-0.39, 0.29) is 17.8 Å². The Bertz CT molecular complexity index is 698. The monoisotopic (exact) mass is 317 g/mol. The summed E-state index contributed by atoms with van der Waals surface area (Å²) in [6.45, 7) is 4.69. The first-order valence-corrected chi connectivity index (χ1v) is 8.05. The van der Waals surface area contributed by atoms with E-state index in [1.54, 1.807) is 4.90 Å². The molecule has 0 aromatic heterocycles. The Balaban J connectivity index is 1.79. The predicted octanol–water partition coefficient (Wildman–Crippen LogP) is 2.87. The third-order valence-corrected chi connectivity index (χ3v) is 4.76. The smallest absolute Gasteiger partial charge is 0.254 e. The van der Waals surface area contributed by atoms with Crippen LogP contribution in [0, 0.1) is 5.82 Å². The number of amides is 1. The van der Waals surface area contributed by atoms with Crippen LogP contribution in [-0.2, 0) is 20.8 Å². The minimum Gasteiger partial charge on any atom is -0.344 e. The van der Waals surface area contributed by atoms with Crippen LogP contribution in [-0.4, -0.2) is 35.3 Å². The van der Waals surface area contributed by atoms with Crippen molar-refractivity contribution in [3.8, 4) is 0 Å². The first kappa shape index (κ1) is 14.8. The third-order valence-electron chi connectivity index (χ3n) is 4.76. The summed E-state index contributed by atoms with van der Waals surface area (Å²) < 4.78 is 25.4. The number of hydrogen-bond acceptors (Lipinski definition) is 3. The van der Waals surface area contributed by atoms with Crippen LogP contribution in [0.4, 0.5) is 4.39 Å². The van der Waals surface area contributed by atoms with Crippen molar-refractivity contribution in [1.82, 2.24) is 4.90 Å². The average molecular weight is 317 g/mol. The van der Waals surface area contributed by atoms with Crippen molar-refractivity contribution in [3.63, 3.8) is 0 Å². The lowest BCUT2D eigenvalue weighted by molar-refractivity contribution is -0.161. The lowest BCUT2D eigenvalue weighted by atomic mass is 9.96. The molecule has 2 bridgehead atoms. The van der Waals surface area contributed by atoms with Gasteiger partial charge in [0.25, 0.3) is 5.91 Å². The van der Waals surface area contributed by atoms with Crippen LogP contribution in [0.5, 0.6) is 0 Å². The number of carbonyl (C=O) groups excluding carboxylic acids is 1. The predicted molar refractivity (Wildman–Crippen MR) is 82.9 cm³/mol. The molecule has 0 radical (unpaired) electrons. The second kappa shape index (κ2) is 5.14. The Morgan fingerprint density at radius 2 is 2.13 bits per heavy atom. The Kier molecular flexibility index (Phi) is 3.32. The molecule has 0 aliphatic carbocycles. The lowest BCUT2D eigenvalue weighted by Crippen LogP contribution is -2.43. The number of benzene rings is 1. The average Bonchev–Trinajstić information content (AvgIpc) is 2.71. The minimum atomic E-state index is -0.753. The zero-order valence-electron chi connectivity index (χ0n) is 13.3. The van der Waals surface area contributed by atoms with Crippen LogP contribution in [0.15, 0.2) is 24.3 Å². The molecule has 1 amide bonds. The van der Waals surface area contributed by atoms with Crippen LogP contribution in [0.25, 0.3) is 5.57 Å². The minimum absolute atomic E-state index is 0.0627. The van der Waals surface area contributed by atoms with E-state index >= 15 is 0 Å². The molecule has 3 heterocycles. The number of hydrogen-bond donors (Lipinski definition) is 0. The molecule has 1 aromatic rings. The Morgan fingerprint density at radius 1 is 1.30 bits per heavy atom. The molecule has 4 rings (SSSR count). The zero-order chi connectivity index (χ0) is 16.2. The molecule has 1 saturated heterocycles. The van der Waals surface area contributed by atoms with Gasteiger partial charge in [0.15, 0.2) is 11.9 Å². The van der Waals surface area contributed by atoms with Crippen molar-refractivity contribution in [2.45, 2.75) is 51.2 Å². The second-order valence-electron chi connectivity index (χ2n) is 6.87. The second-order valence-corrected chi connectivity index (χ2v) is 6.87. The molecule has 0 unspecified atom stereocenters. The quantitative estimate of drug-likeness (QED) is 0.738. The van der Waals surface area contributed by atoms with Crippen molar-refractivity contribution in [2.24, 2.45) is 0 Å². The van der Waals surface area contributed by atoms with Crippen LogP contribution >= 0.6 is 0 Å². The summed E-state index contributed by atoms with van der Waals surface area (Å²) in [5.41, 5.74) is 3.06. The highest BCUT2D eigenvalue weighted by atomic mass is 19.1. The number of ether oxygens (including phenoxy) is 2.